The summed E-state index contributed by atoms with van der Waals surface area (Å²) in [5, 5.41) is 12.3. The Morgan fingerprint density at radius 3 is 2.41 bits per heavy atom. The Balaban J connectivity index is 1.24. The standard InChI is InChI=1S/C33H30FN5O4S3/c34-26-15-13-24(14-16-26)22-39-32(25-7-6-10-28(21-25)46(41,42)38-17-19-43-20-18-38)36-37-33(39)44-23-31(40)35-29-11-4-5-12-30(29)45-27-8-2-1-3-9-27/h1-16,21H,17-20,22-23H2,(H,35,40). The fourth-order valence-corrected chi connectivity index (χ4v) is 7.96. The summed E-state index contributed by atoms with van der Waals surface area (Å²) >= 11 is 2.77. The Hall–Kier alpha value is -4.01. The summed E-state index contributed by atoms with van der Waals surface area (Å²) in [5.41, 5.74) is 2.04. The number of sulfonamides is 1. The van der Waals surface area contributed by atoms with Crippen molar-refractivity contribution < 1.29 is 22.3 Å². The number of para-hydroxylation sites is 1. The minimum atomic E-state index is -3.74. The van der Waals surface area contributed by atoms with Crippen molar-refractivity contribution >= 4 is 45.1 Å². The lowest BCUT2D eigenvalue weighted by Gasteiger charge is -2.26. The van der Waals surface area contributed by atoms with Gasteiger partial charge in [0, 0.05) is 28.4 Å². The van der Waals surface area contributed by atoms with Gasteiger partial charge in [0.25, 0.3) is 0 Å². The number of benzene rings is 4. The van der Waals surface area contributed by atoms with Gasteiger partial charge in [0.2, 0.25) is 15.9 Å². The van der Waals surface area contributed by atoms with Crippen molar-refractivity contribution in [1.82, 2.24) is 19.1 Å². The van der Waals surface area contributed by atoms with E-state index < -0.39 is 10.0 Å². The molecule has 46 heavy (non-hydrogen) atoms. The maximum atomic E-state index is 13.7. The SMILES string of the molecule is O=C(CSc1nnc(-c2cccc(S(=O)(=O)N3CCOCC3)c2)n1Cc1ccc(F)cc1)Nc1ccccc1Sc1ccccc1. The lowest BCUT2D eigenvalue weighted by molar-refractivity contribution is -0.113. The number of nitrogens with zero attached hydrogens (tertiary/aromatic N) is 4. The van der Waals surface area contributed by atoms with Gasteiger partial charge < -0.3 is 10.1 Å². The van der Waals surface area contributed by atoms with Gasteiger partial charge in [0.15, 0.2) is 11.0 Å². The molecule has 1 N–H and O–H groups in total. The summed E-state index contributed by atoms with van der Waals surface area (Å²) in [4.78, 5) is 15.3. The average molecular weight is 676 g/mol. The van der Waals surface area contributed by atoms with E-state index >= 15 is 0 Å². The normalized spacial score (nSPS) is 13.8. The predicted molar refractivity (Wildman–Crippen MR) is 177 cm³/mol. The van der Waals surface area contributed by atoms with Crippen LogP contribution in [0.4, 0.5) is 10.1 Å². The van der Waals surface area contributed by atoms with E-state index in [0.717, 1.165) is 15.4 Å². The molecular formula is C33H30FN5O4S3. The minimum Gasteiger partial charge on any atom is -0.379 e. The summed E-state index contributed by atoms with van der Waals surface area (Å²) in [6.45, 7) is 1.54. The lowest BCUT2D eigenvalue weighted by atomic mass is 10.2. The van der Waals surface area contributed by atoms with Gasteiger partial charge >= 0.3 is 0 Å². The molecule has 5 aromatic rings. The van der Waals surface area contributed by atoms with E-state index in [1.807, 2.05) is 59.2 Å². The van der Waals surface area contributed by atoms with Crippen LogP contribution < -0.4 is 5.32 Å². The Labute approximate surface area is 275 Å². The molecule has 4 aromatic carbocycles. The van der Waals surface area contributed by atoms with Crippen LogP contribution in [0, 0.1) is 5.82 Å². The van der Waals surface area contributed by atoms with Crippen molar-refractivity contribution in [3.8, 4) is 11.4 Å². The average Bonchev–Trinajstić information content (AvgIpc) is 3.48. The molecule has 1 amide bonds. The fourth-order valence-electron chi connectivity index (χ4n) is 4.85. The van der Waals surface area contributed by atoms with E-state index in [4.69, 9.17) is 4.74 Å². The Morgan fingerprint density at radius 2 is 1.63 bits per heavy atom. The molecule has 236 valence electrons. The molecule has 9 nitrogen and oxygen atoms in total. The summed E-state index contributed by atoms with van der Waals surface area (Å²) in [7, 11) is -3.74. The summed E-state index contributed by atoms with van der Waals surface area (Å²) in [6, 6.07) is 30.2. The molecule has 13 heteroatoms. The van der Waals surface area contributed by atoms with Gasteiger partial charge in [-0.3, -0.25) is 9.36 Å². The number of aromatic nitrogens is 3. The Morgan fingerprint density at radius 1 is 0.891 bits per heavy atom. The van der Waals surface area contributed by atoms with Crippen LogP contribution in [-0.2, 0) is 26.1 Å². The van der Waals surface area contributed by atoms with E-state index in [1.54, 1.807) is 48.2 Å². The molecular weight excluding hydrogens is 646 g/mol. The summed E-state index contributed by atoms with van der Waals surface area (Å²) < 4.78 is 49.0. The highest BCUT2D eigenvalue weighted by molar-refractivity contribution is 8.00. The van der Waals surface area contributed by atoms with E-state index in [-0.39, 0.29) is 42.0 Å². The van der Waals surface area contributed by atoms with Crippen LogP contribution in [0.2, 0.25) is 0 Å². The van der Waals surface area contributed by atoms with Gasteiger partial charge in [0.1, 0.15) is 5.82 Å². The van der Waals surface area contributed by atoms with Gasteiger partial charge in [-0.25, -0.2) is 12.8 Å². The van der Waals surface area contributed by atoms with E-state index in [2.05, 4.69) is 15.5 Å². The highest BCUT2D eigenvalue weighted by Gasteiger charge is 2.27. The van der Waals surface area contributed by atoms with Gasteiger partial charge in [-0.15, -0.1) is 10.2 Å². The van der Waals surface area contributed by atoms with Gasteiger partial charge in [-0.1, -0.05) is 78.1 Å². The molecule has 1 aromatic heterocycles. The zero-order valence-corrected chi connectivity index (χ0v) is 27.0. The number of hydrogen-bond acceptors (Lipinski definition) is 8. The smallest absolute Gasteiger partial charge is 0.243 e. The number of carbonyl (C=O) groups excluding carboxylic acids is 1. The van der Waals surface area contributed by atoms with E-state index in [9.17, 15) is 17.6 Å². The number of morpholine rings is 1. The zero-order valence-electron chi connectivity index (χ0n) is 24.6. The molecule has 0 radical (unpaired) electrons. The molecule has 0 saturated carbocycles. The van der Waals surface area contributed by atoms with Crippen molar-refractivity contribution in [2.24, 2.45) is 0 Å². The molecule has 0 spiro atoms. The molecule has 0 aliphatic carbocycles. The third-order valence-corrected chi connectivity index (χ3v) is 11.1. The van der Waals surface area contributed by atoms with Crippen molar-refractivity contribution in [3.05, 3.63) is 115 Å². The van der Waals surface area contributed by atoms with Crippen LogP contribution >= 0.6 is 23.5 Å². The molecule has 2 heterocycles. The number of carbonyl (C=O) groups is 1. The van der Waals surface area contributed by atoms with E-state index in [1.165, 1.54) is 28.2 Å². The fraction of sp³-hybridized carbons (Fsp3) is 0.182. The second-order valence-corrected chi connectivity index (χ2v) is 14.3. The van der Waals surface area contributed by atoms with E-state index in [0.29, 0.717) is 35.4 Å². The summed E-state index contributed by atoms with van der Waals surface area (Å²) in [5.74, 6) is -0.0960. The van der Waals surface area contributed by atoms with Gasteiger partial charge in [-0.2, -0.15) is 4.31 Å². The number of anilines is 1. The van der Waals surface area contributed by atoms with Crippen LogP contribution in [0.25, 0.3) is 11.4 Å². The number of halogens is 1. The molecule has 0 unspecified atom stereocenters. The second kappa shape index (κ2) is 14.6. The Bertz CT molecular complexity index is 1920. The minimum absolute atomic E-state index is 0.0529. The maximum absolute atomic E-state index is 13.7. The predicted octanol–water partition coefficient (Wildman–Crippen LogP) is 6.04. The van der Waals surface area contributed by atoms with Crippen LogP contribution in [0.3, 0.4) is 0 Å². The molecule has 1 fully saturated rings. The number of rotatable bonds is 11. The van der Waals surface area contributed by atoms with Crippen LogP contribution in [0.1, 0.15) is 5.56 Å². The van der Waals surface area contributed by atoms with Gasteiger partial charge in [-0.05, 0) is 54.1 Å². The van der Waals surface area contributed by atoms with Crippen molar-refractivity contribution in [2.75, 3.05) is 37.4 Å². The number of amides is 1. The quantitative estimate of drug-likeness (QED) is 0.169. The topological polar surface area (TPSA) is 106 Å². The monoisotopic (exact) mass is 675 g/mol. The maximum Gasteiger partial charge on any atom is 0.243 e. The molecule has 0 bridgehead atoms. The van der Waals surface area contributed by atoms with Crippen molar-refractivity contribution in [2.45, 2.75) is 26.4 Å². The highest BCUT2D eigenvalue weighted by atomic mass is 32.2. The third-order valence-electron chi connectivity index (χ3n) is 7.14. The molecule has 0 atom stereocenters. The second-order valence-electron chi connectivity index (χ2n) is 10.3. The van der Waals surface area contributed by atoms with Crippen molar-refractivity contribution in [1.29, 1.82) is 0 Å². The number of ether oxygens (including phenoxy) is 1. The van der Waals surface area contributed by atoms with Crippen LogP contribution in [-0.4, -0.2) is 65.5 Å². The number of hydrogen-bond donors (Lipinski definition) is 1. The molecule has 1 aliphatic rings. The molecule has 1 saturated heterocycles. The first-order valence-corrected chi connectivity index (χ1v) is 17.7. The van der Waals surface area contributed by atoms with Gasteiger partial charge in [0.05, 0.1) is 36.1 Å². The highest BCUT2D eigenvalue weighted by Crippen LogP contribution is 2.34. The largest absolute Gasteiger partial charge is 0.379 e. The van der Waals surface area contributed by atoms with Crippen LogP contribution in [0.5, 0.6) is 0 Å². The number of thioether (sulfide) groups is 1. The third kappa shape index (κ3) is 7.68. The zero-order chi connectivity index (χ0) is 31.9. The molecule has 6 rings (SSSR count). The first-order valence-electron chi connectivity index (χ1n) is 14.5. The lowest BCUT2D eigenvalue weighted by Crippen LogP contribution is -2.40. The molecule has 1 aliphatic heterocycles. The Kier molecular flexibility index (Phi) is 10.1. The summed E-state index contributed by atoms with van der Waals surface area (Å²) in [6.07, 6.45) is 0. The number of nitrogens with one attached hydrogen (secondary N) is 1. The van der Waals surface area contributed by atoms with Crippen LogP contribution in [0.15, 0.2) is 123 Å². The van der Waals surface area contributed by atoms with Crippen molar-refractivity contribution in [3.63, 3.8) is 0 Å². The first-order chi connectivity index (χ1) is 22.4. The first kappa shape index (κ1) is 32.0.